The van der Waals surface area contributed by atoms with Crippen LogP contribution in [0.5, 0.6) is 5.75 Å². The third kappa shape index (κ3) is 3.64. The summed E-state index contributed by atoms with van der Waals surface area (Å²) in [4.78, 5) is 13.4. The molecule has 2 aromatic carbocycles. The van der Waals surface area contributed by atoms with Gasteiger partial charge in [0, 0.05) is 4.90 Å². The molecule has 0 saturated heterocycles. The highest BCUT2D eigenvalue weighted by molar-refractivity contribution is 8.00. The molecule has 0 spiro atoms. The summed E-state index contributed by atoms with van der Waals surface area (Å²) in [6, 6.07) is 13.9. The van der Waals surface area contributed by atoms with Gasteiger partial charge in [-0.2, -0.15) is 0 Å². The lowest BCUT2D eigenvalue weighted by molar-refractivity contribution is 0.101. The Balaban J connectivity index is 2.07. The van der Waals surface area contributed by atoms with E-state index in [0.717, 1.165) is 10.5 Å². The van der Waals surface area contributed by atoms with E-state index in [0.29, 0.717) is 17.1 Å². The van der Waals surface area contributed by atoms with Gasteiger partial charge in [-0.25, -0.2) is 0 Å². The van der Waals surface area contributed by atoms with Crippen molar-refractivity contribution in [3.8, 4) is 5.75 Å². The predicted octanol–water partition coefficient (Wildman–Crippen LogP) is 4.29. The van der Waals surface area contributed by atoms with Gasteiger partial charge in [-0.1, -0.05) is 23.8 Å². The summed E-state index contributed by atoms with van der Waals surface area (Å²) >= 11 is 1.55. The summed E-state index contributed by atoms with van der Waals surface area (Å²) in [5.41, 5.74) is 2.96. The van der Waals surface area contributed by atoms with E-state index in [2.05, 4.69) is 19.1 Å². The number of hydrogen-bond acceptors (Lipinski definition) is 3. The second-order valence-corrected chi connectivity index (χ2v) is 5.78. The van der Waals surface area contributed by atoms with Gasteiger partial charge < -0.3 is 4.74 Å². The summed E-state index contributed by atoms with van der Waals surface area (Å²) in [5.74, 6) is 1.16. The first-order valence-corrected chi connectivity index (χ1v) is 7.46. The van der Waals surface area contributed by atoms with Crippen molar-refractivity contribution in [2.75, 3.05) is 12.9 Å². The SMILES string of the molecule is COc1cc(C)ccc1C(=O)CSc1ccc(C)cc1. The first-order chi connectivity index (χ1) is 9.60. The molecule has 0 bridgehead atoms. The van der Waals surface area contributed by atoms with Crippen molar-refractivity contribution in [2.24, 2.45) is 0 Å². The van der Waals surface area contributed by atoms with E-state index in [1.54, 1.807) is 18.9 Å². The van der Waals surface area contributed by atoms with Gasteiger partial charge in [0.2, 0.25) is 0 Å². The molecule has 104 valence electrons. The largest absolute Gasteiger partial charge is 0.496 e. The molecule has 0 aliphatic heterocycles. The maximum absolute atomic E-state index is 12.3. The van der Waals surface area contributed by atoms with E-state index in [9.17, 15) is 4.79 Å². The molecule has 20 heavy (non-hydrogen) atoms. The van der Waals surface area contributed by atoms with Crippen molar-refractivity contribution >= 4 is 17.5 Å². The number of benzene rings is 2. The molecule has 0 amide bonds. The van der Waals surface area contributed by atoms with Crippen LogP contribution in [0.3, 0.4) is 0 Å². The van der Waals surface area contributed by atoms with Crippen LogP contribution >= 0.6 is 11.8 Å². The van der Waals surface area contributed by atoms with Crippen LogP contribution in [0.1, 0.15) is 21.5 Å². The fourth-order valence-corrected chi connectivity index (χ4v) is 2.67. The second kappa shape index (κ2) is 6.62. The summed E-state index contributed by atoms with van der Waals surface area (Å²) < 4.78 is 5.28. The first-order valence-electron chi connectivity index (χ1n) is 6.47. The molecule has 2 nitrogen and oxygen atoms in total. The van der Waals surface area contributed by atoms with Crippen molar-refractivity contribution in [3.05, 3.63) is 59.2 Å². The topological polar surface area (TPSA) is 26.3 Å². The lowest BCUT2D eigenvalue weighted by atomic mass is 10.1. The molecular formula is C17H18O2S. The van der Waals surface area contributed by atoms with Crippen LogP contribution in [0.4, 0.5) is 0 Å². The third-order valence-corrected chi connectivity index (χ3v) is 4.06. The van der Waals surface area contributed by atoms with Gasteiger partial charge in [-0.05, 0) is 43.7 Å². The molecule has 0 radical (unpaired) electrons. The van der Waals surface area contributed by atoms with Crippen LogP contribution in [-0.2, 0) is 0 Å². The van der Waals surface area contributed by atoms with Crippen molar-refractivity contribution in [2.45, 2.75) is 18.7 Å². The average Bonchev–Trinajstić information content (AvgIpc) is 2.46. The van der Waals surface area contributed by atoms with E-state index in [4.69, 9.17) is 4.74 Å². The second-order valence-electron chi connectivity index (χ2n) is 4.73. The van der Waals surface area contributed by atoms with Crippen molar-refractivity contribution in [1.82, 2.24) is 0 Å². The maximum atomic E-state index is 12.3. The standard InChI is InChI=1S/C17H18O2S/c1-12-4-7-14(8-5-12)20-11-16(18)15-9-6-13(2)10-17(15)19-3/h4-10H,11H2,1-3H3. The molecule has 3 heteroatoms. The monoisotopic (exact) mass is 286 g/mol. The lowest BCUT2D eigenvalue weighted by Gasteiger charge is -2.08. The molecule has 0 aliphatic rings. The molecule has 0 aromatic heterocycles. The smallest absolute Gasteiger partial charge is 0.176 e. The first kappa shape index (κ1) is 14.7. The van der Waals surface area contributed by atoms with Gasteiger partial charge in [0.25, 0.3) is 0 Å². The minimum Gasteiger partial charge on any atom is -0.496 e. The van der Waals surface area contributed by atoms with Gasteiger partial charge in [0.1, 0.15) is 5.75 Å². The van der Waals surface area contributed by atoms with E-state index in [1.165, 1.54) is 5.56 Å². The molecule has 0 fully saturated rings. The van der Waals surface area contributed by atoms with Crippen molar-refractivity contribution in [1.29, 1.82) is 0 Å². The molecule has 0 unspecified atom stereocenters. The number of carbonyl (C=O) groups excluding carboxylic acids is 1. The van der Waals surface area contributed by atoms with Gasteiger partial charge in [-0.15, -0.1) is 11.8 Å². The zero-order chi connectivity index (χ0) is 14.5. The quantitative estimate of drug-likeness (QED) is 0.606. The Kier molecular flexibility index (Phi) is 4.85. The predicted molar refractivity (Wildman–Crippen MR) is 84.0 cm³/mol. The Morgan fingerprint density at radius 3 is 2.35 bits per heavy atom. The number of ketones is 1. The van der Waals surface area contributed by atoms with Crippen LogP contribution < -0.4 is 4.74 Å². The molecule has 0 heterocycles. The van der Waals surface area contributed by atoms with E-state index in [-0.39, 0.29) is 5.78 Å². The third-order valence-electron chi connectivity index (χ3n) is 3.05. The molecule has 0 saturated carbocycles. The zero-order valence-electron chi connectivity index (χ0n) is 12.0. The highest BCUT2D eigenvalue weighted by Gasteiger charge is 2.12. The number of hydrogen-bond donors (Lipinski definition) is 0. The number of methoxy groups -OCH3 is 1. The Bertz CT molecular complexity index is 603. The van der Waals surface area contributed by atoms with E-state index < -0.39 is 0 Å². The summed E-state index contributed by atoms with van der Waals surface area (Å²) in [6.07, 6.45) is 0. The number of carbonyl (C=O) groups is 1. The Hall–Kier alpha value is -1.74. The van der Waals surface area contributed by atoms with Crippen LogP contribution in [0, 0.1) is 13.8 Å². The minimum absolute atomic E-state index is 0.0902. The van der Waals surface area contributed by atoms with Gasteiger partial charge >= 0.3 is 0 Å². The Labute approximate surface area is 124 Å². The van der Waals surface area contributed by atoms with E-state index in [1.807, 2.05) is 37.3 Å². The van der Waals surface area contributed by atoms with Gasteiger partial charge in [0.15, 0.2) is 5.78 Å². The number of ether oxygens (including phenoxy) is 1. The molecule has 2 aromatic rings. The van der Waals surface area contributed by atoms with Crippen molar-refractivity contribution in [3.63, 3.8) is 0 Å². The van der Waals surface area contributed by atoms with Crippen LogP contribution in [0.25, 0.3) is 0 Å². The lowest BCUT2D eigenvalue weighted by Crippen LogP contribution is -2.05. The molecule has 0 aliphatic carbocycles. The zero-order valence-corrected chi connectivity index (χ0v) is 12.8. The summed E-state index contributed by atoms with van der Waals surface area (Å²) in [6.45, 7) is 4.04. The number of thioether (sulfide) groups is 1. The summed E-state index contributed by atoms with van der Waals surface area (Å²) in [5, 5.41) is 0. The Morgan fingerprint density at radius 1 is 1.05 bits per heavy atom. The summed E-state index contributed by atoms with van der Waals surface area (Å²) in [7, 11) is 1.60. The highest BCUT2D eigenvalue weighted by Crippen LogP contribution is 2.24. The normalized spacial score (nSPS) is 10.3. The van der Waals surface area contributed by atoms with Crippen LogP contribution in [0.15, 0.2) is 47.4 Å². The van der Waals surface area contributed by atoms with Crippen molar-refractivity contribution < 1.29 is 9.53 Å². The number of Topliss-reactive ketones (excluding diaryl/α,β-unsaturated/α-hetero) is 1. The highest BCUT2D eigenvalue weighted by atomic mass is 32.2. The van der Waals surface area contributed by atoms with Crippen LogP contribution in [0.2, 0.25) is 0 Å². The molecule has 0 atom stereocenters. The number of aryl methyl sites for hydroxylation is 2. The molecule has 0 N–H and O–H groups in total. The number of rotatable bonds is 5. The van der Waals surface area contributed by atoms with E-state index >= 15 is 0 Å². The Morgan fingerprint density at radius 2 is 1.70 bits per heavy atom. The average molecular weight is 286 g/mol. The van der Waals surface area contributed by atoms with Crippen LogP contribution in [-0.4, -0.2) is 18.6 Å². The van der Waals surface area contributed by atoms with Gasteiger partial charge in [-0.3, -0.25) is 4.79 Å². The minimum atomic E-state index is 0.0902. The fourth-order valence-electron chi connectivity index (χ4n) is 1.89. The van der Waals surface area contributed by atoms with Gasteiger partial charge in [0.05, 0.1) is 18.4 Å². The maximum Gasteiger partial charge on any atom is 0.176 e. The fraction of sp³-hybridized carbons (Fsp3) is 0.235. The molecular weight excluding hydrogens is 268 g/mol. The molecule has 2 rings (SSSR count).